The summed E-state index contributed by atoms with van der Waals surface area (Å²) in [5.41, 5.74) is -0.960. The number of piperidine rings is 1. The van der Waals surface area contributed by atoms with Gasteiger partial charge in [0.25, 0.3) is 5.91 Å². The van der Waals surface area contributed by atoms with Gasteiger partial charge in [-0.1, -0.05) is 81.2 Å². The van der Waals surface area contributed by atoms with E-state index in [-0.39, 0.29) is 67.3 Å². The Hall–Kier alpha value is -3.48. The maximum absolute atomic E-state index is 14.6. The average molecular weight is 717 g/mol. The van der Waals surface area contributed by atoms with E-state index in [1.807, 2.05) is 62.3 Å². The third-order valence-corrected chi connectivity index (χ3v) is 11.1. The van der Waals surface area contributed by atoms with Gasteiger partial charge in [0, 0.05) is 32.5 Å². The lowest BCUT2D eigenvalue weighted by atomic mass is 9.80. The zero-order chi connectivity index (χ0) is 38.4. The van der Waals surface area contributed by atoms with Gasteiger partial charge in [-0.25, -0.2) is 4.79 Å². The van der Waals surface area contributed by atoms with Crippen LogP contribution >= 0.6 is 0 Å². The van der Waals surface area contributed by atoms with Crippen LogP contribution in [0.3, 0.4) is 0 Å². The normalized spacial score (nSPS) is 24.6. The highest BCUT2D eigenvalue weighted by atomic mass is 16.3. The van der Waals surface area contributed by atoms with Crippen molar-refractivity contribution in [3.05, 3.63) is 12.7 Å². The summed E-state index contributed by atoms with van der Waals surface area (Å²) < 4.78 is 0. The lowest BCUT2D eigenvalue weighted by molar-refractivity contribution is -0.153. The van der Waals surface area contributed by atoms with E-state index in [1.165, 1.54) is 11.0 Å². The highest BCUT2D eigenvalue weighted by Gasteiger charge is 2.52. The van der Waals surface area contributed by atoms with Gasteiger partial charge < -0.3 is 31.3 Å². The molecule has 0 spiro atoms. The van der Waals surface area contributed by atoms with Gasteiger partial charge in [0.15, 0.2) is 6.10 Å². The molecule has 7 amide bonds. The van der Waals surface area contributed by atoms with Crippen LogP contribution in [0.5, 0.6) is 0 Å². The van der Waals surface area contributed by atoms with E-state index < -0.39 is 58.9 Å². The van der Waals surface area contributed by atoms with Crippen LogP contribution < -0.4 is 21.3 Å². The molecule has 1 aliphatic carbocycles. The zero-order valence-electron chi connectivity index (χ0n) is 32.3. The quantitative estimate of drug-likeness (QED) is 0.128. The summed E-state index contributed by atoms with van der Waals surface area (Å²) in [6.45, 7) is 21.4. The Kier molecular flexibility index (Phi) is 14.3. The summed E-state index contributed by atoms with van der Waals surface area (Å²) in [5, 5.41) is 22.2. The summed E-state index contributed by atoms with van der Waals surface area (Å²) in [6.07, 6.45) is 4.04. The van der Waals surface area contributed by atoms with Crippen molar-refractivity contribution in [2.24, 2.45) is 34.5 Å². The van der Waals surface area contributed by atoms with Crippen LogP contribution in [0.25, 0.3) is 0 Å². The maximum atomic E-state index is 14.6. The number of hydrogen-bond acceptors (Lipinski definition) is 7. The topological polar surface area (TPSA) is 177 Å². The third kappa shape index (κ3) is 10.5. The number of imide groups is 1. The summed E-state index contributed by atoms with van der Waals surface area (Å²) in [4.78, 5) is 83.9. The van der Waals surface area contributed by atoms with E-state index in [4.69, 9.17) is 0 Å². The van der Waals surface area contributed by atoms with Crippen LogP contribution in [-0.4, -0.2) is 100 Å². The maximum Gasteiger partial charge on any atom is 0.315 e. The van der Waals surface area contributed by atoms with Crippen molar-refractivity contribution in [3.8, 4) is 0 Å². The molecule has 2 aliphatic heterocycles. The molecule has 0 aromatic heterocycles. The third-order valence-electron chi connectivity index (χ3n) is 11.1. The van der Waals surface area contributed by atoms with E-state index >= 15 is 0 Å². The summed E-state index contributed by atoms with van der Waals surface area (Å²) >= 11 is 0. The molecule has 0 aromatic rings. The van der Waals surface area contributed by atoms with E-state index in [0.29, 0.717) is 19.4 Å². The van der Waals surface area contributed by atoms with Crippen LogP contribution in [0.4, 0.5) is 4.79 Å². The summed E-state index contributed by atoms with van der Waals surface area (Å²) in [7, 11) is 0. The Bertz CT molecular complexity index is 1290. The number of aliphatic hydroxyl groups excluding tert-OH is 1. The fourth-order valence-electron chi connectivity index (χ4n) is 7.67. The lowest BCUT2D eigenvalue weighted by Crippen LogP contribution is -2.62. The molecule has 0 aromatic carbocycles. The Morgan fingerprint density at radius 1 is 1.02 bits per heavy atom. The van der Waals surface area contributed by atoms with Crippen molar-refractivity contribution in [3.63, 3.8) is 0 Å². The van der Waals surface area contributed by atoms with Gasteiger partial charge in [0.05, 0.1) is 12.1 Å². The first-order chi connectivity index (χ1) is 23.7. The van der Waals surface area contributed by atoms with E-state index in [1.54, 1.807) is 4.90 Å². The number of likely N-dealkylation sites (tertiary alicyclic amines) is 2. The number of rotatable bonds is 15. The minimum absolute atomic E-state index is 0.00264. The second kappa shape index (κ2) is 17.4. The monoisotopic (exact) mass is 716 g/mol. The number of nitrogens with one attached hydrogen (secondary N) is 4. The molecule has 1 saturated carbocycles. The van der Waals surface area contributed by atoms with Crippen LogP contribution in [0.15, 0.2) is 12.7 Å². The molecule has 3 rings (SSSR count). The molecule has 3 aliphatic rings. The standard InChI is InChI=1S/C38H64N6O7/c1-11-14-26(32(47)34(49)39-17-12-2)40-33(48)31-25-16-13-15-24(25)20-44(31)35(50)30(23(5)22(3)4)42-36(51)41-27(37(6,7)8)21-43-28(45)18-38(9,10)19-29(43)46/h12,22-27,30-32,47H,2,11,13-21H2,1,3-10H3,(H,39,49)(H,40,48)(H2,41,42,51)/t23?,24-,25-,26?,27+,30-,31-,32?/m0/s1. The zero-order valence-corrected chi connectivity index (χ0v) is 32.3. The SMILES string of the molecule is C=CCNC(=O)C(O)C(CCC)NC(=O)[C@@H]1[C@H]2CCC[C@H]2CN1C(=O)[C@@H](NC(=O)N[C@H](CN1C(=O)CC(C)(C)CC1=O)C(C)(C)C)C(C)C(C)C. The molecule has 0 bridgehead atoms. The first-order valence-corrected chi connectivity index (χ1v) is 18.8. The average Bonchev–Trinajstić information content (AvgIpc) is 3.63. The number of carbonyl (C=O) groups is 6. The highest BCUT2D eigenvalue weighted by molar-refractivity contribution is 5.98. The van der Waals surface area contributed by atoms with Gasteiger partial charge >= 0.3 is 6.03 Å². The van der Waals surface area contributed by atoms with Crippen LogP contribution in [0.2, 0.25) is 0 Å². The molecule has 51 heavy (non-hydrogen) atoms. The van der Waals surface area contributed by atoms with Gasteiger partial charge in [-0.3, -0.25) is 28.9 Å². The molecule has 2 saturated heterocycles. The van der Waals surface area contributed by atoms with Crippen LogP contribution in [0, 0.1) is 34.5 Å². The van der Waals surface area contributed by atoms with Gasteiger partial charge in [0.1, 0.15) is 12.1 Å². The second-order valence-electron chi connectivity index (χ2n) is 17.2. The van der Waals surface area contributed by atoms with Gasteiger partial charge in [-0.15, -0.1) is 6.58 Å². The molecular formula is C38H64N6O7. The number of hydrogen-bond donors (Lipinski definition) is 5. The van der Waals surface area contributed by atoms with E-state index in [2.05, 4.69) is 27.8 Å². The first kappa shape index (κ1) is 41.9. The van der Waals surface area contributed by atoms with Gasteiger partial charge in [-0.05, 0) is 53.8 Å². The fraction of sp³-hybridized carbons (Fsp3) is 0.789. The molecule has 2 heterocycles. The smallest absolute Gasteiger partial charge is 0.315 e. The molecule has 13 nitrogen and oxygen atoms in total. The number of amides is 7. The van der Waals surface area contributed by atoms with Crippen molar-refractivity contribution in [2.75, 3.05) is 19.6 Å². The summed E-state index contributed by atoms with van der Waals surface area (Å²) in [5.74, 6) is -2.22. The molecule has 3 unspecified atom stereocenters. The largest absolute Gasteiger partial charge is 0.381 e. The Balaban J connectivity index is 1.84. The molecule has 13 heteroatoms. The Morgan fingerprint density at radius 2 is 1.65 bits per heavy atom. The number of urea groups is 1. The summed E-state index contributed by atoms with van der Waals surface area (Å²) in [6, 6.07) is -3.84. The van der Waals surface area contributed by atoms with E-state index in [0.717, 1.165) is 19.3 Å². The minimum atomic E-state index is -1.48. The van der Waals surface area contributed by atoms with Crippen molar-refractivity contribution in [1.29, 1.82) is 0 Å². The van der Waals surface area contributed by atoms with Gasteiger partial charge in [-0.2, -0.15) is 0 Å². The fourth-order valence-corrected chi connectivity index (χ4v) is 7.67. The van der Waals surface area contributed by atoms with Crippen molar-refractivity contribution in [1.82, 2.24) is 31.1 Å². The molecule has 3 fully saturated rings. The second-order valence-corrected chi connectivity index (χ2v) is 17.2. The number of nitrogens with zero attached hydrogens (tertiary/aromatic N) is 2. The molecule has 8 atom stereocenters. The number of aliphatic hydroxyl groups is 1. The van der Waals surface area contributed by atoms with Crippen LogP contribution in [0.1, 0.15) is 107 Å². The van der Waals surface area contributed by atoms with Crippen molar-refractivity contribution in [2.45, 2.75) is 138 Å². The minimum Gasteiger partial charge on any atom is -0.381 e. The molecule has 5 N–H and O–H groups in total. The molecular weight excluding hydrogens is 652 g/mol. The van der Waals surface area contributed by atoms with Crippen molar-refractivity contribution < 1.29 is 33.9 Å². The van der Waals surface area contributed by atoms with Crippen LogP contribution in [-0.2, 0) is 24.0 Å². The Morgan fingerprint density at radius 3 is 2.20 bits per heavy atom. The van der Waals surface area contributed by atoms with Gasteiger partial charge in [0.2, 0.25) is 23.6 Å². The van der Waals surface area contributed by atoms with Crippen molar-refractivity contribution >= 4 is 35.6 Å². The predicted octanol–water partition coefficient (Wildman–Crippen LogP) is 3.11. The highest BCUT2D eigenvalue weighted by Crippen LogP contribution is 2.43. The Labute approximate surface area is 304 Å². The lowest BCUT2D eigenvalue weighted by Gasteiger charge is -2.40. The predicted molar refractivity (Wildman–Crippen MR) is 195 cm³/mol. The van der Waals surface area contributed by atoms with E-state index in [9.17, 15) is 33.9 Å². The number of fused-ring (bicyclic) bond motifs is 1. The number of carbonyl (C=O) groups excluding carboxylic acids is 6. The molecule has 288 valence electrons. The first-order valence-electron chi connectivity index (χ1n) is 18.8. The molecule has 0 radical (unpaired) electrons.